The Morgan fingerprint density at radius 2 is 1.77 bits per heavy atom. The number of hydrogen-bond donors (Lipinski definition) is 0. The van der Waals surface area contributed by atoms with Gasteiger partial charge >= 0.3 is 0 Å². The summed E-state index contributed by atoms with van der Waals surface area (Å²) in [6.07, 6.45) is 7.07. The molecule has 0 aliphatic carbocycles. The summed E-state index contributed by atoms with van der Waals surface area (Å²) in [6, 6.07) is 0.778. The van der Waals surface area contributed by atoms with E-state index < -0.39 is 0 Å². The standard InChI is InChI=1S/C11H21N2/c1-10-6-5-9-13(10)11(2)12-7-3-4-8-12/h10H,3-9H2,1-2H3. The molecule has 13 heavy (non-hydrogen) atoms. The minimum absolute atomic E-state index is 0.778. The van der Waals surface area contributed by atoms with Crippen LogP contribution in [-0.4, -0.2) is 35.5 Å². The van der Waals surface area contributed by atoms with Crippen molar-refractivity contribution in [2.24, 2.45) is 0 Å². The van der Waals surface area contributed by atoms with Crippen LogP contribution in [0.15, 0.2) is 0 Å². The van der Waals surface area contributed by atoms with Crippen LogP contribution in [0.5, 0.6) is 0 Å². The van der Waals surface area contributed by atoms with E-state index in [0.717, 1.165) is 6.04 Å². The van der Waals surface area contributed by atoms with Crippen LogP contribution in [0.1, 0.15) is 39.5 Å². The summed E-state index contributed by atoms with van der Waals surface area (Å²) < 4.78 is 0. The Balaban J connectivity index is 1.91. The molecular weight excluding hydrogens is 160 g/mol. The first-order valence-corrected chi connectivity index (χ1v) is 5.64. The van der Waals surface area contributed by atoms with Crippen molar-refractivity contribution in [3.63, 3.8) is 0 Å². The first-order valence-electron chi connectivity index (χ1n) is 5.64. The molecule has 75 valence electrons. The summed E-state index contributed by atoms with van der Waals surface area (Å²) in [7, 11) is 0. The number of likely N-dealkylation sites (tertiary alicyclic amines) is 2. The van der Waals surface area contributed by atoms with Crippen LogP contribution >= 0.6 is 0 Å². The molecule has 0 spiro atoms. The van der Waals surface area contributed by atoms with Gasteiger partial charge in [-0.1, -0.05) is 0 Å². The largest absolute Gasteiger partial charge is 0.283 e. The Labute approximate surface area is 81.9 Å². The quantitative estimate of drug-likeness (QED) is 0.643. The molecule has 2 aliphatic rings. The summed E-state index contributed by atoms with van der Waals surface area (Å²) in [5.41, 5.74) is 0. The summed E-state index contributed by atoms with van der Waals surface area (Å²) >= 11 is 0. The van der Waals surface area contributed by atoms with Crippen molar-refractivity contribution >= 4 is 0 Å². The minimum atomic E-state index is 0.778. The Bertz CT molecular complexity index is 163. The third-order valence-corrected chi connectivity index (χ3v) is 3.53. The third kappa shape index (κ3) is 1.89. The van der Waals surface area contributed by atoms with Crippen LogP contribution < -0.4 is 0 Å². The Kier molecular flexibility index (Phi) is 2.89. The van der Waals surface area contributed by atoms with Gasteiger partial charge in [-0.3, -0.25) is 9.80 Å². The Morgan fingerprint density at radius 1 is 1.08 bits per heavy atom. The molecule has 1 atom stereocenters. The highest BCUT2D eigenvalue weighted by Crippen LogP contribution is 2.27. The van der Waals surface area contributed by atoms with Crippen molar-refractivity contribution in [3.05, 3.63) is 6.17 Å². The average molecular weight is 181 g/mol. The van der Waals surface area contributed by atoms with Crippen molar-refractivity contribution in [1.82, 2.24) is 9.80 Å². The first-order chi connectivity index (χ1) is 6.29. The van der Waals surface area contributed by atoms with Crippen LogP contribution in [0.4, 0.5) is 0 Å². The molecule has 0 aromatic rings. The Hall–Kier alpha value is -0.0800. The van der Waals surface area contributed by atoms with Crippen LogP contribution in [-0.2, 0) is 0 Å². The molecular formula is C11H21N2. The van der Waals surface area contributed by atoms with Gasteiger partial charge in [-0.2, -0.15) is 0 Å². The smallest absolute Gasteiger partial charge is 0.104 e. The second kappa shape index (κ2) is 3.97. The maximum absolute atomic E-state index is 2.59. The van der Waals surface area contributed by atoms with Gasteiger partial charge in [-0.15, -0.1) is 0 Å². The predicted molar refractivity (Wildman–Crippen MR) is 55.1 cm³/mol. The zero-order valence-electron chi connectivity index (χ0n) is 8.92. The molecule has 0 aromatic heterocycles. The number of hydrogen-bond acceptors (Lipinski definition) is 2. The first kappa shape index (κ1) is 9.47. The van der Waals surface area contributed by atoms with Gasteiger partial charge in [-0.05, 0) is 39.5 Å². The van der Waals surface area contributed by atoms with E-state index in [1.807, 2.05) is 0 Å². The zero-order valence-corrected chi connectivity index (χ0v) is 8.92. The molecule has 0 amide bonds. The highest BCUT2D eigenvalue weighted by Gasteiger charge is 2.30. The van der Waals surface area contributed by atoms with Crippen molar-refractivity contribution in [1.29, 1.82) is 0 Å². The van der Waals surface area contributed by atoms with Crippen LogP contribution in [0, 0.1) is 6.17 Å². The van der Waals surface area contributed by atoms with Crippen molar-refractivity contribution < 1.29 is 0 Å². The summed E-state index contributed by atoms with van der Waals surface area (Å²) in [5, 5.41) is 0. The second-order valence-corrected chi connectivity index (χ2v) is 4.43. The highest BCUT2D eigenvalue weighted by atomic mass is 15.4. The average Bonchev–Trinajstić information content (AvgIpc) is 2.72. The van der Waals surface area contributed by atoms with E-state index in [9.17, 15) is 0 Å². The van der Waals surface area contributed by atoms with E-state index in [0.29, 0.717) is 0 Å². The van der Waals surface area contributed by atoms with Gasteiger partial charge in [0.15, 0.2) is 0 Å². The molecule has 1 unspecified atom stereocenters. The minimum Gasteiger partial charge on any atom is -0.283 e. The monoisotopic (exact) mass is 181 g/mol. The molecule has 2 heterocycles. The lowest BCUT2D eigenvalue weighted by atomic mass is 10.2. The van der Waals surface area contributed by atoms with E-state index in [1.165, 1.54) is 51.5 Å². The lowest BCUT2D eigenvalue weighted by molar-refractivity contribution is 0.159. The highest BCUT2D eigenvalue weighted by molar-refractivity contribution is 4.93. The normalized spacial score (nSPS) is 32.1. The molecule has 2 aliphatic heterocycles. The van der Waals surface area contributed by atoms with E-state index in [2.05, 4.69) is 23.6 Å². The molecule has 2 nitrogen and oxygen atoms in total. The topological polar surface area (TPSA) is 6.48 Å². The lowest BCUT2D eigenvalue weighted by Gasteiger charge is -2.33. The molecule has 0 bridgehead atoms. The van der Waals surface area contributed by atoms with Crippen LogP contribution in [0.3, 0.4) is 0 Å². The lowest BCUT2D eigenvalue weighted by Crippen LogP contribution is -2.40. The summed E-state index contributed by atoms with van der Waals surface area (Å²) in [4.78, 5) is 5.15. The van der Waals surface area contributed by atoms with Crippen molar-refractivity contribution in [3.8, 4) is 0 Å². The van der Waals surface area contributed by atoms with Gasteiger partial charge in [0.1, 0.15) is 6.17 Å². The molecule has 2 rings (SSSR count). The van der Waals surface area contributed by atoms with E-state index in [1.54, 1.807) is 0 Å². The predicted octanol–water partition coefficient (Wildman–Crippen LogP) is 2.08. The molecule has 0 N–H and O–H groups in total. The van der Waals surface area contributed by atoms with Gasteiger partial charge in [0.25, 0.3) is 0 Å². The number of rotatable bonds is 2. The fraction of sp³-hybridized carbons (Fsp3) is 0.909. The fourth-order valence-electron chi connectivity index (χ4n) is 2.64. The molecule has 2 heteroatoms. The van der Waals surface area contributed by atoms with Gasteiger partial charge in [0.05, 0.1) is 0 Å². The van der Waals surface area contributed by atoms with Gasteiger partial charge in [-0.25, -0.2) is 0 Å². The summed E-state index contributed by atoms with van der Waals surface area (Å²) in [6.45, 7) is 8.51. The maximum Gasteiger partial charge on any atom is 0.104 e. The van der Waals surface area contributed by atoms with Gasteiger partial charge in [0.2, 0.25) is 0 Å². The fourth-order valence-corrected chi connectivity index (χ4v) is 2.64. The van der Waals surface area contributed by atoms with Crippen molar-refractivity contribution in [2.75, 3.05) is 19.6 Å². The molecule has 1 radical (unpaired) electrons. The van der Waals surface area contributed by atoms with Gasteiger partial charge in [0, 0.05) is 25.7 Å². The molecule has 0 saturated carbocycles. The molecule has 2 saturated heterocycles. The van der Waals surface area contributed by atoms with E-state index >= 15 is 0 Å². The zero-order chi connectivity index (χ0) is 9.26. The third-order valence-electron chi connectivity index (χ3n) is 3.53. The van der Waals surface area contributed by atoms with Crippen LogP contribution in [0.25, 0.3) is 0 Å². The number of nitrogens with zero attached hydrogens (tertiary/aromatic N) is 2. The SMILES string of the molecule is C[C](N1CCCC1)N1CCCC1C. The van der Waals surface area contributed by atoms with Crippen molar-refractivity contribution in [2.45, 2.75) is 45.6 Å². The molecule has 0 aromatic carbocycles. The van der Waals surface area contributed by atoms with Crippen LogP contribution in [0.2, 0.25) is 0 Å². The van der Waals surface area contributed by atoms with E-state index in [4.69, 9.17) is 0 Å². The second-order valence-electron chi connectivity index (χ2n) is 4.43. The van der Waals surface area contributed by atoms with E-state index in [-0.39, 0.29) is 0 Å². The molecule has 2 fully saturated rings. The van der Waals surface area contributed by atoms with Gasteiger partial charge < -0.3 is 0 Å². The summed E-state index contributed by atoms with van der Waals surface area (Å²) in [5.74, 6) is 0. The Morgan fingerprint density at radius 3 is 2.31 bits per heavy atom. The maximum atomic E-state index is 2.59.